The standard InChI is InChI=1S/C18H17FO6/c1-22-15-8-11(9-16(23-2)17(15)24-3)14(20)10-25-18(21)12-6-4-5-7-13(12)19/h4-9H,10H2,1-3H3. The van der Waals surface area contributed by atoms with Crippen molar-refractivity contribution in [1.29, 1.82) is 0 Å². The van der Waals surface area contributed by atoms with Gasteiger partial charge in [-0.3, -0.25) is 4.79 Å². The van der Waals surface area contributed by atoms with Gasteiger partial charge in [0.25, 0.3) is 0 Å². The summed E-state index contributed by atoms with van der Waals surface area (Å²) in [6, 6.07) is 8.26. The molecule has 6 nitrogen and oxygen atoms in total. The molecule has 0 bridgehead atoms. The lowest BCUT2D eigenvalue weighted by molar-refractivity contribution is 0.0470. The van der Waals surface area contributed by atoms with Crippen molar-refractivity contribution < 1.29 is 32.9 Å². The van der Waals surface area contributed by atoms with E-state index in [0.29, 0.717) is 17.2 Å². The van der Waals surface area contributed by atoms with Crippen molar-refractivity contribution in [3.8, 4) is 17.2 Å². The first-order valence-corrected chi connectivity index (χ1v) is 7.26. The van der Waals surface area contributed by atoms with E-state index in [2.05, 4.69) is 0 Å². The molecular formula is C18H17FO6. The number of halogens is 1. The lowest BCUT2D eigenvalue weighted by Gasteiger charge is -2.13. The van der Waals surface area contributed by atoms with Crippen LogP contribution in [0, 0.1) is 5.82 Å². The smallest absolute Gasteiger partial charge is 0.341 e. The molecule has 0 unspecified atom stereocenters. The fraction of sp³-hybridized carbons (Fsp3) is 0.222. The minimum absolute atomic E-state index is 0.204. The van der Waals surface area contributed by atoms with E-state index in [9.17, 15) is 14.0 Å². The monoisotopic (exact) mass is 348 g/mol. The molecule has 0 radical (unpaired) electrons. The van der Waals surface area contributed by atoms with Crippen LogP contribution in [0.2, 0.25) is 0 Å². The van der Waals surface area contributed by atoms with Crippen LogP contribution in [0.1, 0.15) is 20.7 Å². The first kappa shape index (κ1) is 18.3. The summed E-state index contributed by atoms with van der Waals surface area (Å²) in [6.07, 6.45) is 0. The Bertz CT molecular complexity index is 762. The van der Waals surface area contributed by atoms with Gasteiger partial charge in [0.05, 0.1) is 26.9 Å². The molecule has 25 heavy (non-hydrogen) atoms. The minimum atomic E-state index is -0.918. The highest BCUT2D eigenvalue weighted by atomic mass is 19.1. The molecule has 0 aliphatic heterocycles. The number of ether oxygens (including phenoxy) is 4. The lowest BCUT2D eigenvalue weighted by atomic mass is 10.1. The Morgan fingerprint density at radius 3 is 2.08 bits per heavy atom. The van der Waals surface area contributed by atoms with Crippen molar-refractivity contribution in [3.05, 3.63) is 53.3 Å². The van der Waals surface area contributed by atoms with Gasteiger partial charge in [-0.15, -0.1) is 0 Å². The second kappa shape index (κ2) is 8.14. The van der Waals surface area contributed by atoms with E-state index in [1.54, 1.807) is 0 Å². The highest BCUT2D eigenvalue weighted by Gasteiger charge is 2.19. The predicted molar refractivity (Wildman–Crippen MR) is 87.1 cm³/mol. The molecule has 132 valence electrons. The highest BCUT2D eigenvalue weighted by Crippen LogP contribution is 2.38. The van der Waals surface area contributed by atoms with Crippen LogP contribution in [0.15, 0.2) is 36.4 Å². The molecule has 0 N–H and O–H groups in total. The number of Topliss-reactive ketones (excluding diaryl/α,β-unsaturated/α-hetero) is 1. The van der Waals surface area contributed by atoms with Crippen LogP contribution in [0.5, 0.6) is 17.2 Å². The van der Waals surface area contributed by atoms with E-state index in [-0.39, 0.29) is 11.1 Å². The van der Waals surface area contributed by atoms with Crippen molar-refractivity contribution in [2.75, 3.05) is 27.9 Å². The number of carbonyl (C=O) groups is 2. The van der Waals surface area contributed by atoms with Gasteiger partial charge in [-0.1, -0.05) is 12.1 Å². The molecule has 7 heteroatoms. The topological polar surface area (TPSA) is 71.1 Å². The van der Waals surface area contributed by atoms with Crippen molar-refractivity contribution in [3.63, 3.8) is 0 Å². The van der Waals surface area contributed by atoms with E-state index in [1.165, 1.54) is 51.7 Å². The average Bonchev–Trinajstić information content (AvgIpc) is 2.64. The van der Waals surface area contributed by atoms with Gasteiger partial charge < -0.3 is 18.9 Å². The second-order valence-electron chi connectivity index (χ2n) is 4.89. The lowest BCUT2D eigenvalue weighted by Crippen LogP contribution is -2.15. The maximum absolute atomic E-state index is 13.5. The average molecular weight is 348 g/mol. The Morgan fingerprint density at radius 2 is 1.56 bits per heavy atom. The van der Waals surface area contributed by atoms with Gasteiger partial charge in [0.15, 0.2) is 18.1 Å². The zero-order chi connectivity index (χ0) is 18.4. The van der Waals surface area contributed by atoms with E-state index < -0.39 is 24.2 Å². The van der Waals surface area contributed by atoms with Gasteiger partial charge in [0.1, 0.15) is 5.82 Å². The molecule has 0 fully saturated rings. The summed E-state index contributed by atoms with van der Waals surface area (Å²) in [5.41, 5.74) is -0.0315. The number of ketones is 1. The van der Waals surface area contributed by atoms with Gasteiger partial charge in [0.2, 0.25) is 11.5 Å². The highest BCUT2D eigenvalue weighted by molar-refractivity contribution is 6.00. The van der Waals surface area contributed by atoms with E-state index >= 15 is 0 Å². The van der Waals surface area contributed by atoms with Crippen molar-refractivity contribution in [2.24, 2.45) is 0 Å². The van der Waals surface area contributed by atoms with Crippen molar-refractivity contribution in [2.45, 2.75) is 0 Å². The first-order chi connectivity index (χ1) is 12.0. The molecule has 0 amide bonds. The van der Waals surface area contributed by atoms with Crippen molar-refractivity contribution >= 4 is 11.8 Å². The summed E-state index contributed by atoms with van der Waals surface area (Å²) in [6.45, 7) is -0.550. The molecule has 0 aliphatic carbocycles. The molecule has 2 aromatic rings. The molecular weight excluding hydrogens is 331 g/mol. The number of benzene rings is 2. The summed E-state index contributed by atoms with van der Waals surface area (Å²) < 4.78 is 33.9. The summed E-state index contributed by atoms with van der Waals surface area (Å²) in [4.78, 5) is 24.1. The van der Waals surface area contributed by atoms with Crippen LogP contribution in [0.25, 0.3) is 0 Å². The van der Waals surface area contributed by atoms with Gasteiger partial charge >= 0.3 is 5.97 Å². The number of hydrogen-bond donors (Lipinski definition) is 0. The van der Waals surface area contributed by atoms with Crippen LogP contribution < -0.4 is 14.2 Å². The molecule has 0 aromatic heterocycles. The summed E-state index contributed by atoms with van der Waals surface area (Å²) in [5, 5.41) is 0. The Kier molecular flexibility index (Phi) is 5.94. The first-order valence-electron chi connectivity index (χ1n) is 7.26. The molecule has 0 aliphatic rings. The number of carbonyl (C=O) groups excluding carboxylic acids is 2. The third kappa shape index (κ3) is 4.06. The molecule has 0 atom stereocenters. The molecule has 0 spiro atoms. The van der Waals surface area contributed by atoms with E-state index in [0.717, 1.165) is 6.07 Å². The fourth-order valence-electron chi connectivity index (χ4n) is 2.16. The SMILES string of the molecule is COc1cc(C(=O)COC(=O)c2ccccc2F)cc(OC)c1OC. The summed E-state index contributed by atoms with van der Waals surface area (Å²) in [7, 11) is 4.28. The zero-order valence-corrected chi connectivity index (χ0v) is 14.0. The normalized spacial score (nSPS) is 10.1. The van der Waals surface area contributed by atoms with Crippen LogP contribution in [0.4, 0.5) is 4.39 Å². The largest absolute Gasteiger partial charge is 0.493 e. The predicted octanol–water partition coefficient (Wildman–Crippen LogP) is 2.89. The number of methoxy groups -OCH3 is 3. The third-order valence-electron chi connectivity index (χ3n) is 3.41. The molecule has 2 rings (SSSR count). The Labute approximate surface area is 144 Å². The maximum atomic E-state index is 13.5. The Balaban J connectivity index is 2.16. The minimum Gasteiger partial charge on any atom is -0.493 e. The number of esters is 1. The number of rotatable bonds is 7. The number of hydrogen-bond acceptors (Lipinski definition) is 6. The Morgan fingerprint density at radius 1 is 0.960 bits per heavy atom. The van der Waals surface area contributed by atoms with Gasteiger partial charge in [-0.05, 0) is 24.3 Å². The van der Waals surface area contributed by atoms with E-state index in [1.807, 2.05) is 0 Å². The van der Waals surface area contributed by atoms with Gasteiger partial charge in [-0.25, -0.2) is 9.18 Å². The van der Waals surface area contributed by atoms with Crippen LogP contribution in [-0.4, -0.2) is 39.7 Å². The molecule has 0 saturated heterocycles. The van der Waals surface area contributed by atoms with Crippen LogP contribution in [-0.2, 0) is 4.74 Å². The van der Waals surface area contributed by atoms with Gasteiger partial charge in [0, 0.05) is 5.56 Å². The van der Waals surface area contributed by atoms with Crippen LogP contribution >= 0.6 is 0 Å². The quantitative estimate of drug-likeness (QED) is 0.566. The zero-order valence-electron chi connectivity index (χ0n) is 14.0. The molecule has 0 heterocycles. The Hall–Kier alpha value is -3.09. The summed E-state index contributed by atoms with van der Waals surface area (Å²) >= 11 is 0. The molecule has 2 aromatic carbocycles. The molecule has 0 saturated carbocycles. The van der Waals surface area contributed by atoms with Crippen molar-refractivity contribution in [1.82, 2.24) is 0 Å². The van der Waals surface area contributed by atoms with E-state index in [4.69, 9.17) is 18.9 Å². The van der Waals surface area contributed by atoms with Crippen LogP contribution in [0.3, 0.4) is 0 Å². The van der Waals surface area contributed by atoms with Gasteiger partial charge in [-0.2, -0.15) is 0 Å². The third-order valence-corrected chi connectivity index (χ3v) is 3.41. The second-order valence-corrected chi connectivity index (χ2v) is 4.89. The fourth-order valence-corrected chi connectivity index (χ4v) is 2.16. The maximum Gasteiger partial charge on any atom is 0.341 e. The summed E-state index contributed by atoms with van der Waals surface area (Å²) in [5.74, 6) is -1.20.